The first-order valence-electron chi connectivity index (χ1n) is 4.97. The van der Waals surface area contributed by atoms with Crippen LogP contribution in [0.3, 0.4) is 0 Å². The molecule has 0 unspecified atom stereocenters. The zero-order valence-corrected chi connectivity index (χ0v) is 8.45. The first kappa shape index (κ1) is 12.0. The summed E-state index contributed by atoms with van der Waals surface area (Å²) < 4.78 is 0. The van der Waals surface area contributed by atoms with Gasteiger partial charge in [0.1, 0.15) is 0 Å². The maximum atomic E-state index is 8.36. The number of allylic oxidation sites excluding steroid dienone is 5. The Balaban J connectivity index is 3.12. The van der Waals surface area contributed by atoms with Crippen molar-refractivity contribution in [2.24, 2.45) is 0 Å². The summed E-state index contributed by atoms with van der Waals surface area (Å²) in [5.74, 6) is 0. The lowest BCUT2D eigenvalue weighted by Crippen LogP contribution is -1.70. The number of unbranched alkanes of at least 4 members (excludes halogenated alkanes) is 3. The smallest absolute Gasteiger partial charge is 0.0751 e. The number of hydrogen-bond donors (Lipinski definition) is 1. The van der Waals surface area contributed by atoms with Gasteiger partial charge in [-0.2, -0.15) is 0 Å². The monoisotopic (exact) mass is 180 g/mol. The van der Waals surface area contributed by atoms with Gasteiger partial charge in [-0.3, -0.25) is 0 Å². The SMILES string of the molecule is CC=CCCC=CCCC/C=C\O. The van der Waals surface area contributed by atoms with Gasteiger partial charge in [-0.1, -0.05) is 30.4 Å². The highest BCUT2D eigenvalue weighted by atomic mass is 16.2. The number of rotatable bonds is 7. The van der Waals surface area contributed by atoms with Crippen LogP contribution in [-0.2, 0) is 0 Å². The van der Waals surface area contributed by atoms with Crippen LogP contribution in [0.4, 0.5) is 0 Å². The number of aliphatic hydroxyl groups excluding tert-OH is 1. The largest absolute Gasteiger partial charge is 0.516 e. The van der Waals surface area contributed by atoms with E-state index in [0.717, 1.165) is 38.4 Å². The Morgan fingerprint density at radius 2 is 1.46 bits per heavy atom. The van der Waals surface area contributed by atoms with E-state index in [0.29, 0.717) is 0 Å². The first-order chi connectivity index (χ1) is 6.41. The molecule has 0 atom stereocenters. The molecule has 1 N–H and O–H groups in total. The van der Waals surface area contributed by atoms with Crippen LogP contribution in [0.5, 0.6) is 0 Å². The van der Waals surface area contributed by atoms with Gasteiger partial charge in [0.25, 0.3) is 0 Å². The molecule has 0 aromatic rings. The fourth-order valence-electron chi connectivity index (χ4n) is 1.02. The predicted molar refractivity (Wildman–Crippen MR) is 58.8 cm³/mol. The molecule has 0 spiro atoms. The quantitative estimate of drug-likeness (QED) is 0.354. The first-order valence-corrected chi connectivity index (χ1v) is 4.97. The average molecular weight is 180 g/mol. The second kappa shape index (κ2) is 11.0. The van der Waals surface area contributed by atoms with Gasteiger partial charge in [0.2, 0.25) is 0 Å². The molecule has 0 aliphatic carbocycles. The lowest BCUT2D eigenvalue weighted by molar-refractivity contribution is 0.470. The Kier molecular flexibility index (Phi) is 10.2. The highest BCUT2D eigenvalue weighted by Gasteiger charge is 1.80. The van der Waals surface area contributed by atoms with Crippen LogP contribution in [0.1, 0.15) is 39.0 Å². The van der Waals surface area contributed by atoms with Gasteiger partial charge in [0, 0.05) is 0 Å². The van der Waals surface area contributed by atoms with E-state index >= 15 is 0 Å². The van der Waals surface area contributed by atoms with Gasteiger partial charge in [0.05, 0.1) is 6.26 Å². The molecule has 0 aliphatic rings. The molecule has 0 heterocycles. The zero-order chi connectivity index (χ0) is 9.78. The molecule has 1 heteroatoms. The van der Waals surface area contributed by atoms with Crippen molar-refractivity contribution in [2.75, 3.05) is 0 Å². The van der Waals surface area contributed by atoms with Crippen LogP contribution in [0.2, 0.25) is 0 Å². The molecule has 0 saturated carbocycles. The second-order valence-electron chi connectivity index (χ2n) is 2.93. The molecular formula is C12H20O. The van der Waals surface area contributed by atoms with Crippen molar-refractivity contribution < 1.29 is 5.11 Å². The Labute approximate surface area is 81.5 Å². The zero-order valence-electron chi connectivity index (χ0n) is 8.45. The molecule has 0 saturated heterocycles. The van der Waals surface area contributed by atoms with Crippen molar-refractivity contribution >= 4 is 0 Å². The summed E-state index contributed by atoms with van der Waals surface area (Å²) in [7, 11) is 0. The Hall–Kier alpha value is -0.980. The summed E-state index contributed by atoms with van der Waals surface area (Å²) in [5.41, 5.74) is 0. The van der Waals surface area contributed by atoms with Crippen molar-refractivity contribution in [3.8, 4) is 0 Å². The molecule has 0 aromatic carbocycles. The van der Waals surface area contributed by atoms with Gasteiger partial charge in [-0.15, -0.1) is 0 Å². The molecule has 0 aromatic heterocycles. The summed E-state index contributed by atoms with van der Waals surface area (Å²) in [6.07, 6.45) is 17.1. The van der Waals surface area contributed by atoms with E-state index in [-0.39, 0.29) is 0 Å². The summed E-state index contributed by atoms with van der Waals surface area (Å²) >= 11 is 0. The van der Waals surface area contributed by atoms with E-state index in [1.54, 1.807) is 6.08 Å². The second-order valence-corrected chi connectivity index (χ2v) is 2.93. The molecule has 0 rings (SSSR count). The van der Waals surface area contributed by atoms with Crippen LogP contribution in [0.15, 0.2) is 36.6 Å². The molecular weight excluding hydrogens is 160 g/mol. The molecule has 0 fully saturated rings. The highest BCUT2D eigenvalue weighted by molar-refractivity contribution is 4.87. The van der Waals surface area contributed by atoms with E-state index in [2.05, 4.69) is 24.3 Å². The van der Waals surface area contributed by atoms with E-state index in [9.17, 15) is 0 Å². The normalized spacial score (nSPS) is 12.4. The third kappa shape index (κ3) is 11.0. The van der Waals surface area contributed by atoms with Gasteiger partial charge in [-0.05, 0) is 39.0 Å². The number of aliphatic hydroxyl groups is 1. The fraction of sp³-hybridized carbons (Fsp3) is 0.500. The van der Waals surface area contributed by atoms with Crippen LogP contribution in [0.25, 0.3) is 0 Å². The van der Waals surface area contributed by atoms with Crippen molar-refractivity contribution in [3.05, 3.63) is 36.6 Å². The lowest BCUT2D eigenvalue weighted by Gasteiger charge is -1.89. The fourth-order valence-corrected chi connectivity index (χ4v) is 1.02. The maximum Gasteiger partial charge on any atom is 0.0751 e. The molecule has 0 amide bonds. The van der Waals surface area contributed by atoms with Gasteiger partial charge in [0.15, 0.2) is 0 Å². The number of hydrogen-bond acceptors (Lipinski definition) is 1. The predicted octanol–water partition coefficient (Wildman–Crippen LogP) is 4.14. The highest BCUT2D eigenvalue weighted by Crippen LogP contribution is 1.99. The molecule has 74 valence electrons. The lowest BCUT2D eigenvalue weighted by atomic mass is 10.2. The van der Waals surface area contributed by atoms with E-state index in [4.69, 9.17) is 5.11 Å². The van der Waals surface area contributed by atoms with Crippen LogP contribution >= 0.6 is 0 Å². The molecule has 0 aliphatic heterocycles. The molecule has 0 radical (unpaired) electrons. The minimum Gasteiger partial charge on any atom is -0.516 e. The Morgan fingerprint density at radius 1 is 0.846 bits per heavy atom. The molecule has 1 nitrogen and oxygen atoms in total. The summed E-state index contributed by atoms with van der Waals surface area (Å²) in [6, 6.07) is 0. The van der Waals surface area contributed by atoms with Crippen LogP contribution < -0.4 is 0 Å². The molecule has 13 heavy (non-hydrogen) atoms. The van der Waals surface area contributed by atoms with Gasteiger partial charge in [-0.25, -0.2) is 0 Å². The molecule has 0 bridgehead atoms. The summed E-state index contributed by atoms with van der Waals surface area (Å²) in [5, 5.41) is 8.36. The topological polar surface area (TPSA) is 20.2 Å². The van der Waals surface area contributed by atoms with Crippen LogP contribution in [0, 0.1) is 0 Å². The summed E-state index contributed by atoms with van der Waals surface area (Å²) in [6.45, 7) is 2.05. The Bertz CT molecular complexity index is 166. The van der Waals surface area contributed by atoms with Crippen LogP contribution in [-0.4, -0.2) is 5.11 Å². The van der Waals surface area contributed by atoms with Crippen molar-refractivity contribution in [1.29, 1.82) is 0 Å². The van der Waals surface area contributed by atoms with Crippen molar-refractivity contribution in [1.82, 2.24) is 0 Å². The third-order valence-corrected chi connectivity index (χ3v) is 1.75. The van der Waals surface area contributed by atoms with E-state index in [1.807, 2.05) is 6.92 Å². The van der Waals surface area contributed by atoms with E-state index < -0.39 is 0 Å². The standard InChI is InChI=1S/C12H20O/c1-2-3-4-5-6-7-8-9-10-11-12-13/h2-3,6-7,11-13H,4-5,8-10H2,1H3/b3-2?,7-6?,12-11-. The van der Waals surface area contributed by atoms with Gasteiger partial charge >= 0.3 is 0 Å². The third-order valence-electron chi connectivity index (χ3n) is 1.75. The summed E-state index contributed by atoms with van der Waals surface area (Å²) in [4.78, 5) is 0. The van der Waals surface area contributed by atoms with E-state index in [1.165, 1.54) is 0 Å². The average Bonchev–Trinajstić information content (AvgIpc) is 2.16. The Morgan fingerprint density at radius 3 is 2.15 bits per heavy atom. The van der Waals surface area contributed by atoms with Gasteiger partial charge < -0.3 is 5.11 Å². The van der Waals surface area contributed by atoms with Crippen molar-refractivity contribution in [2.45, 2.75) is 39.0 Å². The maximum absolute atomic E-state index is 8.36. The minimum absolute atomic E-state index is 0.968. The minimum atomic E-state index is 0.968. The van der Waals surface area contributed by atoms with Crippen molar-refractivity contribution in [3.63, 3.8) is 0 Å².